The van der Waals surface area contributed by atoms with E-state index in [-0.39, 0.29) is 18.5 Å². The minimum Gasteiger partial charge on any atom is -0.378 e. The second kappa shape index (κ2) is 5.54. The molecule has 0 amide bonds. The van der Waals surface area contributed by atoms with Crippen LogP contribution in [-0.4, -0.2) is 31.1 Å². The lowest BCUT2D eigenvalue weighted by atomic mass is 10.0. The molecule has 0 aliphatic carbocycles. The van der Waals surface area contributed by atoms with Crippen LogP contribution in [-0.2, 0) is 4.74 Å². The van der Waals surface area contributed by atoms with Gasteiger partial charge in [0.25, 0.3) is 0 Å². The van der Waals surface area contributed by atoms with Gasteiger partial charge in [-0.1, -0.05) is 6.07 Å². The number of nitrogens with one attached hydrogen (secondary N) is 1. The molecule has 5 heteroatoms. The molecule has 1 aliphatic heterocycles. The smallest absolute Gasteiger partial charge is 0.170 e. The average Bonchev–Trinajstić information content (AvgIpc) is 2.28. The van der Waals surface area contributed by atoms with Crippen LogP contribution in [0.25, 0.3) is 0 Å². The molecular weight excluding hydrogens is 240 g/mol. The Bertz CT molecular complexity index is 430. The highest BCUT2D eigenvalue weighted by atomic mass is 19.1. The Balaban J connectivity index is 2.07. The van der Waals surface area contributed by atoms with Crippen molar-refractivity contribution in [3.63, 3.8) is 0 Å². The molecule has 1 N–H and O–H groups in total. The van der Waals surface area contributed by atoms with Gasteiger partial charge in [-0.2, -0.15) is 0 Å². The number of hydrogen-bond acceptors (Lipinski definition) is 3. The Morgan fingerprint density at radius 2 is 2.06 bits per heavy atom. The Labute approximate surface area is 104 Å². The van der Waals surface area contributed by atoms with Gasteiger partial charge >= 0.3 is 0 Å². The summed E-state index contributed by atoms with van der Waals surface area (Å²) in [6.07, 6.45) is 0.0300. The van der Waals surface area contributed by atoms with Gasteiger partial charge in [0.2, 0.25) is 0 Å². The van der Waals surface area contributed by atoms with Crippen LogP contribution in [0.1, 0.15) is 23.7 Å². The molecule has 0 aromatic heterocycles. The molecule has 0 spiro atoms. The zero-order valence-electron chi connectivity index (χ0n) is 10.1. The number of Topliss-reactive ketones (excluding diaryl/α,β-unsaturated/α-hetero) is 1. The van der Waals surface area contributed by atoms with E-state index >= 15 is 0 Å². The first-order valence-corrected chi connectivity index (χ1v) is 5.89. The molecule has 0 bridgehead atoms. The molecular formula is C13H15F2NO2. The predicted octanol–water partition coefficient (Wildman–Crippen LogP) is 1.91. The summed E-state index contributed by atoms with van der Waals surface area (Å²) >= 11 is 0. The van der Waals surface area contributed by atoms with Crippen molar-refractivity contribution in [3.8, 4) is 0 Å². The number of morpholine rings is 1. The van der Waals surface area contributed by atoms with Gasteiger partial charge in [-0.3, -0.25) is 4.79 Å². The van der Waals surface area contributed by atoms with E-state index in [4.69, 9.17) is 4.74 Å². The zero-order chi connectivity index (χ0) is 13.1. The maximum Gasteiger partial charge on any atom is 0.170 e. The molecule has 2 atom stereocenters. The molecule has 1 fully saturated rings. The van der Waals surface area contributed by atoms with Gasteiger partial charge < -0.3 is 10.1 Å². The molecule has 98 valence electrons. The lowest BCUT2D eigenvalue weighted by molar-refractivity contribution is 0.0462. The summed E-state index contributed by atoms with van der Waals surface area (Å²) < 4.78 is 32.1. The van der Waals surface area contributed by atoms with Crippen LogP contribution in [0.15, 0.2) is 18.2 Å². The van der Waals surface area contributed by atoms with Gasteiger partial charge in [-0.15, -0.1) is 0 Å². The fourth-order valence-corrected chi connectivity index (χ4v) is 2.09. The minimum atomic E-state index is -0.815. The zero-order valence-corrected chi connectivity index (χ0v) is 10.1. The van der Waals surface area contributed by atoms with E-state index < -0.39 is 23.0 Å². The highest BCUT2D eigenvalue weighted by Crippen LogP contribution is 2.16. The maximum absolute atomic E-state index is 13.4. The number of ether oxygens (including phenoxy) is 1. The topological polar surface area (TPSA) is 38.3 Å². The standard InChI is InChI=1S/C13H15F2NO2/c1-8-6-18-7-9(16-8)5-12(17)13-10(14)3-2-4-11(13)15/h2-4,8-9,16H,5-7H2,1H3. The van der Waals surface area contributed by atoms with Crippen LogP contribution in [0.3, 0.4) is 0 Å². The van der Waals surface area contributed by atoms with E-state index in [0.717, 1.165) is 12.1 Å². The Morgan fingerprint density at radius 3 is 2.67 bits per heavy atom. The van der Waals surface area contributed by atoms with Crippen LogP contribution in [0, 0.1) is 11.6 Å². The SMILES string of the molecule is CC1COCC(CC(=O)c2c(F)cccc2F)N1. The highest BCUT2D eigenvalue weighted by Gasteiger charge is 2.24. The van der Waals surface area contributed by atoms with Gasteiger partial charge in [-0.25, -0.2) is 8.78 Å². The minimum absolute atomic E-state index is 0.0300. The second-order valence-electron chi connectivity index (χ2n) is 4.53. The van der Waals surface area contributed by atoms with Crippen molar-refractivity contribution in [1.82, 2.24) is 5.32 Å². The number of ketones is 1. The van der Waals surface area contributed by atoms with Crippen molar-refractivity contribution in [3.05, 3.63) is 35.4 Å². The summed E-state index contributed by atoms with van der Waals surface area (Å²) in [5, 5.41) is 3.17. The van der Waals surface area contributed by atoms with Crippen molar-refractivity contribution >= 4 is 5.78 Å². The monoisotopic (exact) mass is 255 g/mol. The summed E-state index contributed by atoms with van der Waals surface area (Å²) in [4.78, 5) is 11.9. The molecule has 1 aromatic carbocycles. The van der Waals surface area contributed by atoms with Crippen molar-refractivity contribution in [2.24, 2.45) is 0 Å². The third-order valence-electron chi connectivity index (χ3n) is 2.88. The number of hydrogen-bond donors (Lipinski definition) is 1. The molecule has 1 heterocycles. The summed E-state index contributed by atoms with van der Waals surface area (Å²) in [7, 11) is 0. The Morgan fingerprint density at radius 1 is 1.39 bits per heavy atom. The van der Waals surface area contributed by atoms with E-state index in [2.05, 4.69) is 5.32 Å². The summed E-state index contributed by atoms with van der Waals surface area (Å²) in [6, 6.07) is 3.36. The second-order valence-corrected chi connectivity index (χ2v) is 4.53. The first-order valence-electron chi connectivity index (χ1n) is 5.89. The Hall–Kier alpha value is -1.33. The third kappa shape index (κ3) is 2.91. The van der Waals surface area contributed by atoms with Crippen LogP contribution in [0.2, 0.25) is 0 Å². The molecule has 0 radical (unpaired) electrons. The molecule has 2 unspecified atom stereocenters. The molecule has 0 saturated carbocycles. The van der Waals surface area contributed by atoms with Crippen molar-refractivity contribution in [2.45, 2.75) is 25.4 Å². The fraction of sp³-hybridized carbons (Fsp3) is 0.462. The van der Waals surface area contributed by atoms with Gasteiger partial charge in [0.1, 0.15) is 11.6 Å². The largest absolute Gasteiger partial charge is 0.378 e. The van der Waals surface area contributed by atoms with Gasteiger partial charge in [0.15, 0.2) is 5.78 Å². The molecule has 18 heavy (non-hydrogen) atoms. The normalized spacial score (nSPS) is 23.9. The van der Waals surface area contributed by atoms with Gasteiger partial charge in [0.05, 0.1) is 18.8 Å². The highest BCUT2D eigenvalue weighted by molar-refractivity contribution is 5.97. The lowest BCUT2D eigenvalue weighted by Gasteiger charge is -2.28. The average molecular weight is 255 g/mol. The van der Waals surface area contributed by atoms with Crippen molar-refractivity contribution < 1.29 is 18.3 Å². The maximum atomic E-state index is 13.4. The predicted molar refractivity (Wildman–Crippen MR) is 62.5 cm³/mol. The molecule has 1 saturated heterocycles. The van der Waals surface area contributed by atoms with Crippen LogP contribution in [0.5, 0.6) is 0 Å². The number of carbonyl (C=O) groups is 1. The van der Waals surface area contributed by atoms with Crippen LogP contribution < -0.4 is 5.32 Å². The first kappa shape index (κ1) is 13.1. The van der Waals surface area contributed by atoms with Crippen LogP contribution in [0.4, 0.5) is 8.78 Å². The fourth-order valence-electron chi connectivity index (χ4n) is 2.09. The third-order valence-corrected chi connectivity index (χ3v) is 2.88. The van der Waals surface area contributed by atoms with Crippen molar-refractivity contribution in [1.29, 1.82) is 0 Å². The summed E-state index contributed by atoms with van der Waals surface area (Å²) in [5.41, 5.74) is -0.461. The number of halogens is 2. The van der Waals surface area contributed by atoms with E-state index in [9.17, 15) is 13.6 Å². The Kier molecular flexibility index (Phi) is 4.04. The number of carbonyl (C=O) groups excluding carboxylic acids is 1. The van der Waals surface area contributed by atoms with E-state index in [1.807, 2.05) is 6.92 Å². The quantitative estimate of drug-likeness (QED) is 0.838. The molecule has 1 aromatic rings. The van der Waals surface area contributed by atoms with E-state index in [0.29, 0.717) is 13.2 Å². The van der Waals surface area contributed by atoms with Gasteiger partial charge in [0, 0.05) is 18.5 Å². The first-order chi connectivity index (χ1) is 8.58. The van der Waals surface area contributed by atoms with Crippen molar-refractivity contribution in [2.75, 3.05) is 13.2 Å². The molecule has 1 aliphatic rings. The molecule has 3 nitrogen and oxygen atoms in total. The molecule has 2 rings (SSSR count). The van der Waals surface area contributed by atoms with Crippen LogP contribution >= 0.6 is 0 Å². The van der Waals surface area contributed by atoms with E-state index in [1.165, 1.54) is 6.07 Å². The number of rotatable bonds is 3. The summed E-state index contributed by atoms with van der Waals surface area (Å²) in [5.74, 6) is -2.17. The van der Waals surface area contributed by atoms with Gasteiger partial charge in [-0.05, 0) is 19.1 Å². The number of benzene rings is 1. The van der Waals surface area contributed by atoms with E-state index in [1.54, 1.807) is 0 Å². The summed E-state index contributed by atoms with van der Waals surface area (Å²) in [6.45, 7) is 2.89. The lowest BCUT2D eigenvalue weighted by Crippen LogP contribution is -2.48.